The average molecular weight is 282 g/mol. The minimum absolute atomic E-state index is 0.0728. The van der Waals surface area contributed by atoms with Gasteiger partial charge in [-0.2, -0.15) is 0 Å². The summed E-state index contributed by atoms with van der Waals surface area (Å²) in [7, 11) is 4.08. The van der Waals surface area contributed by atoms with E-state index in [0.717, 1.165) is 32.7 Å². The van der Waals surface area contributed by atoms with Gasteiger partial charge in [0.1, 0.15) is 0 Å². The highest BCUT2D eigenvalue weighted by Gasteiger charge is 2.16. The zero-order valence-electron chi connectivity index (χ0n) is 11.6. The van der Waals surface area contributed by atoms with Crippen LogP contribution in [-0.2, 0) is 11.3 Å². The summed E-state index contributed by atoms with van der Waals surface area (Å²) in [6.45, 7) is 5.07. The number of likely N-dealkylation sites (N-methyl/N-ethyl adjacent to an activating group) is 2. The lowest BCUT2D eigenvalue weighted by Crippen LogP contribution is -2.54. The van der Waals surface area contributed by atoms with E-state index in [1.807, 2.05) is 23.0 Å². The summed E-state index contributed by atoms with van der Waals surface area (Å²) in [4.78, 5) is 17.5. The van der Waals surface area contributed by atoms with Gasteiger partial charge >= 0.3 is 0 Å². The van der Waals surface area contributed by atoms with Gasteiger partial charge in [0.25, 0.3) is 0 Å². The molecule has 1 saturated heterocycles. The second-order valence-corrected chi connectivity index (χ2v) is 6.11. The van der Waals surface area contributed by atoms with E-state index >= 15 is 0 Å². The Hall–Kier alpha value is -0.950. The molecule has 1 aliphatic rings. The summed E-state index contributed by atoms with van der Waals surface area (Å²) in [5.41, 5.74) is 2.98. The van der Waals surface area contributed by atoms with Crippen molar-refractivity contribution in [2.75, 3.05) is 46.8 Å². The molecular weight excluding hydrogens is 260 g/mol. The summed E-state index contributed by atoms with van der Waals surface area (Å²) in [6, 6.07) is 4.14. The van der Waals surface area contributed by atoms with Gasteiger partial charge in [-0.25, -0.2) is 5.01 Å². The Morgan fingerprint density at radius 3 is 2.79 bits per heavy atom. The Bertz CT molecular complexity index is 387. The molecule has 0 radical (unpaired) electrons. The SMILES string of the molecule is CN1CCN(NC(=O)CN(C)Cc2cccs2)CC1. The lowest BCUT2D eigenvalue weighted by atomic mass is 10.4. The number of carbonyl (C=O) groups is 1. The van der Waals surface area contributed by atoms with Crippen LogP contribution in [0.1, 0.15) is 4.88 Å². The van der Waals surface area contributed by atoms with Crippen molar-refractivity contribution in [2.24, 2.45) is 0 Å². The summed E-state index contributed by atoms with van der Waals surface area (Å²) < 4.78 is 0. The van der Waals surface area contributed by atoms with E-state index in [9.17, 15) is 4.79 Å². The van der Waals surface area contributed by atoms with Gasteiger partial charge in [-0.3, -0.25) is 15.1 Å². The molecule has 0 aromatic carbocycles. The third-order valence-corrected chi connectivity index (χ3v) is 4.07. The largest absolute Gasteiger partial charge is 0.304 e. The highest BCUT2D eigenvalue weighted by molar-refractivity contribution is 7.09. The fourth-order valence-electron chi connectivity index (χ4n) is 2.10. The summed E-state index contributed by atoms with van der Waals surface area (Å²) in [6.07, 6.45) is 0. The highest BCUT2D eigenvalue weighted by atomic mass is 32.1. The molecule has 0 atom stereocenters. The number of nitrogens with zero attached hydrogens (tertiary/aromatic N) is 3. The molecule has 0 spiro atoms. The number of thiophene rings is 1. The van der Waals surface area contributed by atoms with Crippen molar-refractivity contribution in [3.8, 4) is 0 Å². The minimum atomic E-state index is 0.0728. The van der Waals surface area contributed by atoms with E-state index in [4.69, 9.17) is 0 Å². The van der Waals surface area contributed by atoms with Crippen LogP contribution in [0.4, 0.5) is 0 Å². The fraction of sp³-hybridized carbons (Fsp3) is 0.615. The van der Waals surface area contributed by atoms with E-state index in [2.05, 4.69) is 28.8 Å². The number of hydrogen-bond acceptors (Lipinski definition) is 5. The van der Waals surface area contributed by atoms with Crippen LogP contribution < -0.4 is 5.43 Å². The zero-order valence-corrected chi connectivity index (χ0v) is 12.4. The van der Waals surface area contributed by atoms with Crippen molar-refractivity contribution < 1.29 is 4.79 Å². The Morgan fingerprint density at radius 1 is 1.42 bits per heavy atom. The molecule has 1 fully saturated rings. The molecule has 0 saturated carbocycles. The molecule has 0 aliphatic carbocycles. The Kier molecular flexibility index (Phi) is 5.33. The van der Waals surface area contributed by atoms with E-state index in [-0.39, 0.29) is 5.91 Å². The first-order valence-electron chi connectivity index (χ1n) is 6.57. The maximum Gasteiger partial charge on any atom is 0.248 e. The van der Waals surface area contributed by atoms with Crippen molar-refractivity contribution in [1.82, 2.24) is 20.2 Å². The van der Waals surface area contributed by atoms with Crippen LogP contribution in [0.2, 0.25) is 0 Å². The maximum atomic E-state index is 11.9. The minimum Gasteiger partial charge on any atom is -0.304 e. The molecule has 1 aliphatic heterocycles. The van der Waals surface area contributed by atoms with E-state index in [0.29, 0.717) is 6.54 Å². The summed E-state index contributed by atoms with van der Waals surface area (Å²) in [5.74, 6) is 0.0728. The van der Waals surface area contributed by atoms with Crippen LogP contribution in [-0.4, -0.2) is 67.5 Å². The van der Waals surface area contributed by atoms with E-state index in [1.54, 1.807) is 11.3 Å². The third-order valence-electron chi connectivity index (χ3n) is 3.21. The standard InChI is InChI=1S/C13H22N4OS/c1-15-5-7-17(8-6-15)14-13(18)11-16(2)10-12-4-3-9-19-12/h3-4,9H,5-8,10-11H2,1-2H3,(H,14,18). The van der Waals surface area contributed by atoms with Crippen LogP contribution in [0.5, 0.6) is 0 Å². The van der Waals surface area contributed by atoms with Crippen molar-refractivity contribution in [3.05, 3.63) is 22.4 Å². The predicted octanol–water partition coefficient (Wildman–Crippen LogP) is 0.459. The summed E-state index contributed by atoms with van der Waals surface area (Å²) in [5, 5.41) is 4.08. The summed E-state index contributed by atoms with van der Waals surface area (Å²) >= 11 is 1.72. The lowest BCUT2D eigenvalue weighted by Gasteiger charge is -2.32. The molecule has 1 amide bonds. The second kappa shape index (κ2) is 7.00. The van der Waals surface area contributed by atoms with Crippen molar-refractivity contribution in [3.63, 3.8) is 0 Å². The first-order chi connectivity index (χ1) is 9.13. The predicted molar refractivity (Wildman–Crippen MR) is 77.9 cm³/mol. The second-order valence-electron chi connectivity index (χ2n) is 5.08. The van der Waals surface area contributed by atoms with Crippen molar-refractivity contribution in [2.45, 2.75) is 6.54 Å². The molecule has 19 heavy (non-hydrogen) atoms. The first kappa shape index (κ1) is 14.5. The molecule has 1 N–H and O–H groups in total. The number of hydrazine groups is 1. The fourth-order valence-corrected chi connectivity index (χ4v) is 2.88. The molecule has 1 aromatic heterocycles. The van der Waals surface area contributed by atoms with Crippen LogP contribution >= 0.6 is 11.3 Å². The van der Waals surface area contributed by atoms with Gasteiger partial charge in [-0.1, -0.05) is 6.07 Å². The molecule has 0 bridgehead atoms. The molecular formula is C13H22N4OS. The van der Waals surface area contributed by atoms with Crippen LogP contribution in [0.15, 0.2) is 17.5 Å². The molecule has 5 nitrogen and oxygen atoms in total. The Balaban J connectivity index is 1.69. The average Bonchev–Trinajstić information content (AvgIpc) is 2.84. The normalized spacial score (nSPS) is 17.8. The van der Waals surface area contributed by atoms with Gasteiger partial charge in [0, 0.05) is 37.6 Å². The Labute approximate surface area is 118 Å². The zero-order chi connectivity index (χ0) is 13.7. The number of nitrogens with one attached hydrogen (secondary N) is 1. The van der Waals surface area contributed by atoms with Crippen LogP contribution in [0.3, 0.4) is 0 Å². The first-order valence-corrected chi connectivity index (χ1v) is 7.45. The molecule has 6 heteroatoms. The van der Waals surface area contributed by atoms with Crippen LogP contribution in [0.25, 0.3) is 0 Å². The van der Waals surface area contributed by atoms with Gasteiger partial charge < -0.3 is 4.90 Å². The lowest BCUT2D eigenvalue weighted by molar-refractivity contribution is -0.127. The quantitative estimate of drug-likeness (QED) is 0.851. The van der Waals surface area contributed by atoms with Gasteiger partial charge in [-0.15, -0.1) is 11.3 Å². The number of carbonyl (C=O) groups excluding carboxylic acids is 1. The van der Waals surface area contributed by atoms with Gasteiger partial charge in [-0.05, 0) is 25.5 Å². The van der Waals surface area contributed by atoms with E-state index in [1.165, 1.54) is 4.88 Å². The van der Waals surface area contributed by atoms with E-state index < -0.39 is 0 Å². The molecule has 2 heterocycles. The monoisotopic (exact) mass is 282 g/mol. The molecule has 2 rings (SSSR count). The van der Waals surface area contributed by atoms with Gasteiger partial charge in [0.2, 0.25) is 5.91 Å². The van der Waals surface area contributed by atoms with Gasteiger partial charge in [0.15, 0.2) is 0 Å². The highest BCUT2D eigenvalue weighted by Crippen LogP contribution is 2.10. The van der Waals surface area contributed by atoms with Crippen molar-refractivity contribution >= 4 is 17.2 Å². The van der Waals surface area contributed by atoms with Crippen molar-refractivity contribution in [1.29, 1.82) is 0 Å². The number of amides is 1. The third kappa shape index (κ3) is 4.91. The number of hydrogen-bond donors (Lipinski definition) is 1. The number of rotatable bonds is 5. The molecule has 0 unspecified atom stereocenters. The smallest absolute Gasteiger partial charge is 0.248 e. The topological polar surface area (TPSA) is 38.8 Å². The Morgan fingerprint density at radius 2 is 2.16 bits per heavy atom. The maximum absolute atomic E-state index is 11.9. The van der Waals surface area contributed by atoms with Gasteiger partial charge in [0.05, 0.1) is 6.54 Å². The molecule has 106 valence electrons. The van der Waals surface area contributed by atoms with Crippen LogP contribution in [0, 0.1) is 0 Å². The molecule has 1 aromatic rings. The number of piperazine rings is 1.